The van der Waals surface area contributed by atoms with Crippen molar-refractivity contribution >= 4 is 17.3 Å². The average molecular weight is 260 g/mol. The molecule has 0 saturated carbocycles. The van der Waals surface area contributed by atoms with Crippen molar-refractivity contribution in [3.05, 3.63) is 21.0 Å². The molecule has 0 atom stereocenters. The molecule has 96 valence electrons. The van der Waals surface area contributed by atoms with Crippen LogP contribution in [0.15, 0.2) is 0 Å². The van der Waals surface area contributed by atoms with Crippen LogP contribution in [0.2, 0.25) is 5.15 Å². The summed E-state index contributed by atoms with van der Waals surface area (Å²) in [6, 6.07) is 0. The van der Waals surface area contributed by atoms with E-state index in [9.17, 15) is 10.1 Å². The standard InChI is InChI=1S/C11H18ClN3O2/c1-7(2)5-6-14-11(12)10(15(16)17)9(13-14)8(3)4/h7-8H,5-6H2,1-4H3. The highest BCUT2D eigenvalue weighted by molar-refractivity contribution is 6.31. The number of rotatable bonds is 5. The van der Waals surface area contributed by atoms with Gasteiger partial charge < -0.3 is 0 Å². The highest BCUT2D eigenvalue weighted by atomic mass is 35.5. The number of nitro groups is 1. The van der Waals surface area contributed by atoms with E-state index in [1.807, 2.05) is 13.8 Å². The number of nitrogens with zero attached hydrogens (tertiary/aromatic N) is 3. The zero-order valence-corrected chi connectivity index (χ0v) is 11.4. The van der Waals surface area contributed by atoms with Gasteiger partial charge in [-0.25, -0.2) is 4.68 Å². The average Bonchev–Trinajstić information content (AvgIpc) is 2.52. The van der Waals surface area contributed by atoms with Gasteiger partial charge in [0.25, 0.3) is 0 Å². The zero-order valence-electron chi connectivity index (χ0n) is 10.6. The van der Waals surface area contributed by atoms with E-state index >= 15 is 0 Å². The zero-order chi connectivity index (χ0) is 13.2. The van der Waals surface area contributed by atoms with Crippen molar-refractivity contribution in [2.24, 2.45) is 5.92 Å². The lowest BCUT2D eigenvalue weighted by Gasteiger charge is -2.04. The summed E-state index contributed by atoms with van der Waals surface area (Å²) in [7, 11) is 0. The van der Waals surface area contributed by atoms with Gasteiger partial charge in [-0.15, -0.1) is 0 Å². The Morgan fingerprint density at radius 1 is 1.41 bits per heavy atom. The summed E-state index contributed by atoms with van der Waals surface area (Å²) in [4.78, 5) is 10.5. The second-order valence-corrected chi connectivity index (χ2v) is 5.20. The number of aromatic nitrogens is 2. The number of halogens is 1. The number of hydrogen-bond acceptors (Lipinski definition) is 3. The molecule has 0 aliphatic rings. The van der Waals surface area contributed by atoms with Crippen LogP contribution in [0.4, 0.5) is 5.69 Å². The Bertz CT molecular complexity index is 413. The molecular weight excluding hydrogens is 242 g/mol. The van der Waals surface area contributed by atoms with E-state index in [1.54, 1.807) is 0 Å². The van der Waals surface area contributed by atoms with Crippen LogP contribution in [-0.2, 0) is 6.54 Å². The van der Waals surface area contributed by atoms with E-state index in [0.29, 0.717) is 18.2 Å². The van der Waals surface area contributed by atoms with E-state index in [-0.39, 0.29) is 16.8 Å². The molecule has 5 nitrogen and oxygen atoms in total. The molecule has 0 radical (unpaired) electrons. The summed E-state index contributed by atoms with van der Waals surface area (Å²) in [5.74, 6) is 0.505. The van der Waals surface area contributed by atoms with E-state index < -0.39 is 4.92 Å². The summed E-state index contributed by atoms with van der Waals surface area (Å²) >= 11 is 6.01. The molecule has 0 saturated heterocycles. The van der Waals surface area contributed by atoms with Crippen molar-refractivity contribution in [1.29, 1.82) is 0 Å². The van der Waals surface area contributed by atoms with Gasteiger partial charge in [0.1, 0.15) is 5.69 Å². The predicted molar refractivity (Wildman–Crippen MR) is 67.4 cm³/mol. The third kappa shape index (κ3) is 3.19. The lowest BCUT2D eigenvalue weighted by atomic mass is 10.1. The Morgan fingerprint density at radius 3 is 2.35 bits per heavy atom. The molecule has 0 aromatic carbocycles. The molecule has 0 bridgehead atoms. The van der Waals surface area contributed by atoms with Gasteiger partial charge in [0.2, 0.25) is 5.15 Å². The first-order valence-electron chi connectivity index (χ1n) is 5.75. The molecule has 1 rings (SSSR count). The number of aryl methyl sites for hydroxylation is 1. The molecule has 1 heterocycles. The molecule has 0 spiro atoms. The molecule has 1 aromatic heterocycles. The Kier molecular flexibility index (Phi) is 4.51. The lowest BCUT2D eigenvalue weighted by Crippen LogP contribution is -2.04. The van der Waals surface area contributed by atoms with Gasteiger partial charge in [-0.05, 0) is 12.3 Å². The van der Waals surface area contributed by atoms with Crippen LogP contribution in [0, 0.1) is 16.0 Å². The predicted octanol–water partition coefficient (Wildman–Crippen LogP) is 3.61. The quantitative estimate of drug-likeness (QED) is 0.599. The van der Waals surface area contributed by atoms with Crippen LogP contribution in [0.5, 0.6) is 0 Å². The minimum absolute atomic E-state index is 0.00630. The molecule has 1 aromatic rings. The molecule has 0 amide bonds. The molecular formula is C11H18ClN3O2. The van der Waals surface area contributed by atoms with Gasteiger partial charge >= 0.3 is 5.69 Å². The minimum atomic E-state index is -0.448. The summed E-state index contributed by atoms with van der Waals surface area (Å²) in [5.41, 5.74) is 0.411. The fourth-order valence-corrected chi connectivity index (χ4v) is 1.82. The summed E-state index contributed by atoms with van der Waals surface area (Å²) < 4.78 is 1.54. The largest absolute Gasteiger partial charge is 0.329 e. The number of hydrogen-bond donors (Lipinski definition) is 0. The fraction of sp³-hybridized carbons (Fsp3) is 0.727. The van der Waals surface area contributed by atoms with Crippen molar-refractivity contribution in [2.45, 2.75) is 46.6 Å². The maximum absolute atomic E-state index is 11.0. The third-order valence-corrected chi connectivity index (χ3v) is 2.91. The van der Waals surface area contributed by atoms with Crippen molar-refractivity contribution in [3.63, 3.8) is 0 Å². The Labute approximate surface area is 106 Å². The molecule has 6 heteroatoms. The molecule has 0 N–H and O–H groups in total. The molecule has 17 heavy (non-hydrogen) atoms. The lowest BCUT2D eigenvalue weighted by molar-refractivity contribution is -0.385. The SMILES string of the molecule is CC(C)CCn1nc(C(C)C)c([N+](=O)[O-])c1Cl. The van der Waals surface area contributed by atoms with Gasteiger partial charge in [-0.2, -0.15) is 5.10 Å². The first-order valence-corrected chi connectivity index (χ1v) is 6.13. The van der Waals surface area contributed by atoms with Crippen molar-refractivity contribution in [3.8, 4) is 0 Å². The van der Waals surface area contributed by atoms with Gasteiger partial charge in [0.05, 0.1) is 4.92 Å². The van der Waals surface area contributed by atoms with Gasteiger partial charge in [0.15, 0.2) is 0 Å². The molecule has 0 unspecified atom stereocenters. The molecule has 0 aliphatic heterocycles. The fourth-order valence-electron chi connectivity index (χ4n) is 1.54. The van der Waals surface area contributed by atoms with Crippen molar-refractivity contribution in [1.82, 2.24) is 9.78 Å². The van der Waals surface area contributed by atoms with E-state index in [4.69, 9.17) is 11.6 Å². The van der Waals surface area contributed by atoms with Gasteiger partial charge in [0, 0.05) is 12.5 Å². The van der Waals surface area contributed by atoms with Crippen LogP contribution in [0.3, 0.4) is 0 Å². The first-order chi connectivity index (χ1) is 7.84. The maximum Gasteiger partial charge on any atom is 0.329 e. The van der Waals surface area contributed by atoms with Crippen LogP contribution in [0.1, 0.15) is 45.7 Å². The Hall–Kier alpha value is -1.10. The van der Waals surface area contributed by atoms with Crippen LogP contribution in [0.25, 0.3) is 0 Å². The van der Waals surface area contributed by atoms with Crippen LogP contribution >= 0.6 is 11.6 Å². The second-order valence-electron chi connectivity index (χ2n) is 4.84. The monoisotopic (exact) mass is 259 g/mol. The third-order valence-electron chi connectivity index (χ3n) is 2.54. The van der Waals surface area contributed by atoms with Crippen LogP contribution < -0.4 is 0 Å². The topological polar surface area (TPSA) is 61.0 Å². The maximum atomic E-state index is 11.0. The molecule has 0 fully saturated rings. The minimum Gasteiger partial charge on any atom is -0.258 e. The smallest absolute Gasteiger partial charge is 0.258 e. The van der Waals surface area contributed by atoms with Crippen molar-refractivity contribution < 1.29 is 4.92 Å². The summed E-state index contributed by atoms with van der Waals surface area (Å²) in [6.45, 7) is 8.55. The summed E-state index contributed by atoms with van der Waals surface area (Å²) in [6.07, 6.45) is 0.899. The van der Waals surface area contributed by atoms with E-state index in [1.165, 1.54) is 4.68 Å². The first kappa shape index (κ1) is 14.0. The van der Waals surface area contributed by atoms with Crippen LogP contribution in [-0.4, -0.2) is 14.7 Å². The Morgan fingerprint density at radius 2 is 2.00 bits per heavy atom. The highest BCUT2D eigenvalue weighted by Crippen LogP contribution is 2.33. The van der Waals surface area contributed by atoms with Gasteiger partial charge in [-0.3, -0.25) is 10.1 Å². The van der Waals surface area contributed by atoms with Crippen molar-refractivity contribution in [2.75, 3.05) is 0 Å². The summed E-state index contributed by atoms with van der Waals surface area (Å²) in [5, 5.41) is 15.4. The normalized spacial score (nSPS) is 11.5. The van der Waals surface area contributed by atoms with Gasteiger partial charge in [-0.1, -0.05) is 39.3 Å². The Balaban J connectivity index is 3.08. The highest BCUT2D eigenvalue weighted by Gasteiger charge is 2.28. The van der Waals surface area contributed by atoms with E-state index in [2.05, 4.69) is 18.9 Å². The molecule has 0 aliphatic carbocycles. The second kappa shape index (κ2) is 5.49. The van der Waals surface area contributed by atoms with E-state index in [0.717, 1.165) is 6.42 Å².